The second kappa shape index (κ2) is 5.85. The fraction of sp³-hybridized carbons (Fsp3) is 0.0909. The Morgan fingerprint density at radius 2 is 0.923 bits per heavy atom. The van der Waals surface area contributed by atoms with Crippen LogP contribution in [0, 0.1) is 0 Å². The largest absolute Gasteiger partial charge is 0.109 e. The molecule has 0 aliphatic rings. The van der Waals surface area contributed by atoms with Crippen LogP contribution < -0.4 is 0 Å². The van der Waals surface area contributed by atoms with Crippen LogP contribution in [0.5, 0.6) is 0 Å². The van der Waals surface area contributed by atoms with Crippen molar-refractivity contribution in [1.82, 2.24) is 0 Å². The molecule has 0 saturated heterocycles. The van der Waals surface area contributed by atoms with Crippen LogP contribution in [0.1, 0.15) is 0 Å². The second-order valence-electron chi connectivity index (χ2n) is 2.45. The van der Waals surface area contributed by atoms with Gasteiger partial charge in [-0.15, -0.1) is 23.2 Å². The van der Waals surface area contributed by atoms with Gasteiger partial charge in [0.1, 0.15) is 0 Å². The molecule has 2 aromatic carbocycles. The van der Waals surface area contributed by atoms with E-state index in [-0.39, 0.29) is 5.34 Å². The summed E-state index contributed by atoms with van der Waals surface area (Å²) in [6.07, 6.45) is 0. The lowest BCUT2D eigenvalue weighted by atomic mass is 10.1. The third kappa shape index (κ3) is 3.25. The summed E-state index contributed by atoms with van der Waals surface area (Å²) in [4.78, 5) is 0. The highest BCUT2D eigenvalue weighted by Crippen LogP contribution is 2.11. The predicted molar refractivity (Wildman–Crippen MR) is 60.5 cm³/mol. The van der Waals surface area contributed by atoms with E-state index in [9.17, 15) is 0 Å². The molecule has 0 radical (unpaired) electrons. The molecule has 0 amide bonds. The monoisotopic (exact) mass is 212 g/mol. The lowest BCUT2D eigenvalue weighted by Gasteiger charge is -1.92. The quantitative estimate of drug-likeness (QED) is 0.573. The number of fused-ring (bicyclic) bond motifs is 1. The molecule has 0 bridgehead atoms. The van der Waals surface area contributed by atoms with Crippen LogP contribution in [0.25, 0.3) is 10.8 Å². The van der Waals surface area contributed by atoms with E-state index in [0.717, 1.165) is 0 Å². The molecule has 0 heterocycles. The molecule has 13 heavy (non-hydrogen) atoms. The van der Waals surface area contributed by atoms with Crippen LogP contribution in [-0.4, -0.2) is 5.34 Å². The standard InChI is InChI=1S/C10H8.CH2Cl2/c1-2-6-10-8-4-3-7-9(10)5-1;2-1-3/h1-8H;1H2. The Kier molecular flexibility index (Phi) is 4.66. The molecule has 0 nitrogen and oxygen atoms in total. The van der Waals surface area contributed by atoms with Gasteiger partial charge < -0.3 is 0 Å². The lowest BCUT2D eigenvalue weighted by molar-refractivity contribution is 1.75. The van der Waals surface area contributed by atoms with E-state index in [1.807, 2.05) is 0 Å². The lowest BCUT2D eigenvalue weighted by Crippen LogP contribution is -1.67. The van der Waals surface area contributed by atoms with Crippen LogP contribution in [0.4, 0.5) is 0 Å². The van der Waals surface area contributed by atoms with E-state index in [4.69, 9.17) is 23.2 Å². The maximum Gasteiger partial charge on any atom is 0.0967 e. The molecule has 0 aliphatic carbocycles. The van der Waals surface area contributed by atoms with E-state index >= 15 is 0 Å². The van der Waals surface area contributed by atoms with Crippen LogP contribution in [0.2, 0.25) is 0 Å². The molecule has 2 aromatic rings. The molecule has 2 heteroatoms. The Balaban J connectivity index is 0.000000251. The van der Waals surface area contributed by atoms with Crippen molar-refractivity contribution in [2.45, 2.75) is 0 Å². The summed E-state index contributed by atoms with van der Waals surface area (Å²) in [7, 11) is 0. The third-order valence-corrected chi connectivity index (χ3v) is 1.66. The maximum atomic E-state index is 4.76. The second-order valence-corrected chi connectivity index (χ2v) is 3.26. The van der Waals surface area contributed by atoms with E-state index in [1.54, 1.807) is 0 Å². The molecule has 0 atom stereocenters. The molecule has 0 unspecified atom stereocenters. The van der Waals surface area contributed by atoms with Gasteiger partial charge in [-0.25, -0.2) is 0 Å². The Morgan fingerprint density at radius 1 is 0.692 bits per heavy atom. The summed E-state index contributed by atoms with van der Waals surface area (Å²) in [5, 5.41) is 2.81. The first kappa shape index (κ1) is 10.4. The van der Waals surface area contributed by atoms with E-state index in [0.29, 0.717) is 0 Å². The van der Waals surface area contributed by atoms with E-state index in [2.05, 4.69) is 48.5 Å². The number of hydrogen-bond donors (Lipinski definition) is 0. The Labute approximate surface area is 88.1 Å². The van der Waals surface area contributed by atoms with Crippen molar-refractivity contribution in [3.63, 3.8) is 0 Å². The van der Waals surface area contributed by atoms with Crippen molar-refractivity contribution in [2.75, 3.05) is 5.34 Å². The van der Waals surface area contributed by atoms with Gasteiger partial charge in [-0.2, -0.15) is 0 Å². The summed E-state index contributed by atoms with van der Waals surface area (Å²) in [6, 6.07) is 16.7. The van der Waals surface area contributed by atoms with Gasteiger partial charge in [-0.1, -0.05) is 48.5 Å². The van der Waals surface area contributed by atoms with Crippen LogP contribution in [0.3, 0.4) is 0 Å². The zero-order valence-electron chi connectivity index (χ0n) is 7.08. The fourth-order valence-corrected chi connectivity index (χ4v) is 1.13. The molecule has 0 spiro atoms. The van der Waals surface area contributed by atoms with Crippen molar-refractivity contribution in [2.24, 2.45) is 0 Å². The number of benzene rings is 2. The van der Waals surface area contributed by atoms with Gasteiger partial charge in [-0.3, -0.25) is 0 Å². The molecule has 0 aromatic heterocycles. The third-order valence-electron chi connectivity index (χ3n) is 1.66. The number of halogens is 2. The minimum atomic E-state index is 0.194. The highest BCUT2D eigenvalue weighted by atomic mass is 35.5. The Hall–Kier alpha value is -0.720. The first-order valence-electron chi connectivity index (χ1n) is 3.94. The fourth-order valence-electron chi connectivity index (χ4n) is 1.13. The predicted octanol–water partition coefficient (Wildman–Crippen LogP) is 4.26. The number of alkyl halides is 2. The molecule has 2 rings (SSSR count). The molecule has 0 saturated carbocycles. The number of rotatable bonds is 0. The first-order valence-corrected chi connectivity index (χ1v) is 5.01. The zero-order valence-corrected chi connectivity index (χ0v) is 8.59. The van der Waals surface area contributed by atoms with E-state index < -0.39 is 0 Å². The topological polar surface area (TPSA) is 0 Å². The molecule has 68 valence electrons. The SMILES string of the molecule is ClCCl.c1ccc2ccccc2c1. The van der Waals surface area contributed by atoms with Gasteiger partial charge in [-0.05, 0) is 10.8 Å². The van der Waals surface area contributed by atoms with Gasteiger partial charge in [0.2, 0.25) is 0 Å². The Morgan fingerprint density at radius 3 is 1.15 bits per heavy atom. The molecular weight excluding hydrogens is 203 g/mol. The van der Waals surface area contributed by atoms with Gasteiger partial charge in [0, 0.05) is 0 Å². The molecular formula is C11H10Cl2. The van der Waals surface area contributed by atoms with Crippen LogP contribution >= 0.6 is 23.2 Å². The van der Waals surface area contributed by atoms with Crippen molar-refractivity contribution in [3.05, 3.63) is 48.5 Å². The van der Waals surface area contributed by atoms with E-state index in [1.165, 1.54) is 10.8 Å². The first-order chi connectivity index (χ1) is 6.38. The normalized spacial score (nSPS) is 9.08. The Bertz CT molecular complexity index is 292. The number of hydrogen-bond acceptors (Lipinski definition) is 0. The van der Waals surface area contributed by atoms with Crippen LogP contribution in [0.15, 0.2) is 48.5 Å². The van der Waals surface area contributed by atoms with Crippen molar-refractivity contribution < 1.29 is 0 Å². The molecule has 0 fully saturated rings. The molecule has 0 aliphatic heterocycles. The van der Waals surface area contributed by atoms with Gasteiger partial charge in [0.15, 0.2) is 0 Å². The summed E-state index contributed by atoms with van der Waals surface area (Å²) < 4.78 is 0. The minimum Gasteiger partial charge on any atom is -0.109 e. The van der Waals surface area contributed by atoms with Gasteiger partial charge in [0.05, 0.1) is 5.34 Å². The smallest absolute Gasteiger partial charge is 0.0967 e. The summed E-state index contributed by atoms with van der Waals surface area (Å²) in [5.41, 5.74) is 0. The average Bonchev–Trinajstić information content (AvgIpc) is 2.19. The van der Waals surface area contributed by atoms with Gasteiger partial charge in [0.25, 0.3) is 0 Å². The average molecular weight is 213 g/mol. The molecule has 0 N–H and O–H groups in total. The van der Waals surface area contributed by atoms with Crippen molar-refractivity contribution in [1.29, 1.82) is 0 Å². The summed E-state index contributed by atoms with van der Waals surface area (Å²) >= 11 is 9.53. The highest BCUT2D eigenvalue weighted by Gasteiger charge is 1.85. The highest BCUT2D eigenvalue weighted by molar-refractivity contribution is 6.40. The van der Waals surface area contributed by atoms with Gasteiger partial charge >= 0.3 is 0 Å². The van der Waals surface area contributed by atoms with Crippen LogP contribution in [-0.2, 0) is 0 Å². The summed E-state index contributed by atoms with van der Waals surface area (Å²) in [5.74, 6) is 0. The van der Waals surface area contributed by atoms with Crippen molar-refractivity contribution in [3.8, 4) is 0 Å². The zero-order chi connectivity index (χ0) is 9.52. The minimum absolute atomic E-state index is 0.194. The maximum absolute atomic E-state index is 4.76. The van der Waals surface area contributed by atoms with Crippen molar-refractivity contribution >= 4 is 34.0 Å². The summed E-state index contributed by atoms with van der Waals surface area (Å²) in [6.45, 7) is 0.